The summed E-state index contributed by atoms with van der Waals surface area (Å²) in [5.41, 5.74) is 0. The van der Waals surface area contributed by atoms with Crippen LogP contribution < -0.4 is 0 Å². The monoisotopic (exact) mass is 1320 g/mol. The van der Waals surface area contributed by atoms with Gasteiger partial charge in [0.15, 0.2) is 12.2 Å². The Kier molecular flexibility index (Phi) is 61.3. The molecule has 0 heterocycles. The molecule has 0 fully saturated rings. The lowest BCUT2D eigenvalue weighted by molar-refractivity contribution is -0.161. The molecule has 0 saturated carbocycles. The van der Waals surface area contributed by atoms with E-state index < -0.39 is 97.5 Å². The molecule has 0 aromatic heterocycles. The third-order valence-corrected chi connectivity index (χ3v) is 17.2. The Bertz CT molecular complexity index is 1920. The van der Waals surface area contributed by atoms with Crippen molar-refractivity contribution in [2.24, 2.45) is 5.92 Å². The van der Waals surface area contributed by atoms with Crippen molar-refractivity contribution < 1.29 is 80.2 Å². The highest BCUT2D eigenvalue weighted by atomic mass is 31.2. The molecular formula is C71H130O17P2. The summed E-state index contributed by atoms with van der Waals surface area (Å²) in [6.45, 7) is 7.04. The molecule has 5 atom stereocenters. The number of carbonyl (C=O) groups excluding carboxylic acids is 4. The maximum absolute atomic E-state index is 13.0. The third kappa shape index (κ3) is 63.8. The predicted molar refractivity (Wildman–Crippen MR) is 363 cm³/mol. The lowest BCUT2D eigenvalue weighted by Gasteiger charge is -2.21. The number of phosphoric ester groups is 2. The number of hydrogen-bond acceptors (Lipinski definition) is 15. The molecule has 0 amide bonds. The summed E-state index contributed by atoms with van der Waals surface area (Å²) in [7, 11) is -9.92. The summed E-state index contributed by atoms with van der Waals surface area (Å²) in [5.74, 6) is -1.42. The molecule has 526 valence electrons. The summed E-state index contributed by atoms with van der Waals surface area (Å²) >= 11 is 0. The molecule has 0 saturated heterocycles. The fraction of sp³-hybridized carbons (Fsp3) is 0.831. The van der Waals surface area contributed by atoms with E-state index in [1.807, 2.05) is 0 Å². The zero-order valence-corrected chi connectivity index (χ0v) is 59.0. The normalized spacial score (nSPS) is 14.4. The molecule has 17 nitrogen and oxygen atoms in total. The van der Waals surface area contributed by atoms with E-state index in [2.05, 4.69) is 83.2 Å². The van der Waals surface area contributed by atoms with Crippen LogP contribution in [-0.4, -0.2) is 96.7 Å². The number of aliphatic hydroxyl groups is 1. The number of phosphoric acid groups is 2. The molecule has 0 aliphatic rings. The van der Waals surface area contributed by atoms with Gasteiger partial charge in [-0.05, 0) is 83.0 Å². The van der Waals surface area contributed by atoms with E-state index in [9.17, 15) is 43.2 Å². The topological polar surface area (TPSA) is 237 Å². The van der Waals surface area contributed by atoms with Crippen LogP contribution in [0.5, 0.6) is 0 Å². The number of allylic oxidation sites excluding steroid dienone is 8. The minimum absolute atomic E-state index is 0.0781. The minimum Gasteiger partial charge on any atom is -0.462 e. The second kappa shape index (κ2) is 63.4. The van der Waals surface area contributed by atoms with Gasteiger partial charge in [-0.3, -0.25) is 37.3 Å². The average molecular weight is 1320 g/mol. The second-order valence-corrected chi connectivity index (χ2v) is 27.6. The summed E-state index contributed by atoms with van der Waals surface area (Å²) in [5, 5.41) is 10.6. The van der Waals surface area contributed by atoms with Gasteiger partial charge in [0.05, 0.1) is 26.4 Å². The molecule has 3 N–H and O–H groups in total. The summed E-state index contributed by atoms with van der Waals surface area (Å²) in [4.78, 5) is 72.3. The maximum atomic E-state index is 13.0. The van der Waals surface area contributed by atoms with Crippen molar-refractivity contribution in [3.8, 4) is 0 Å². The molecule has 0 bridgehead atoms. The first-order chi connectivity index (χ1) is 43.5. The highest BCUT2D eigenvalue weighted by molar-refractivity contribution is 7.47. The zero-order chi connectivity index (χ0) is 66.3. The van der Waals surface area contributed by atoms with Gasteiger partial charge in [-0.15, -0.1) is 0 Å². The van der Waals surface area contributed by atoms with Gasteiger partial charge in [-0.1, -0.05) is 263 Å². The standard InChI is InChI=1S/C71H130O17P2/c1-6-9-12-15-17-19-21-23-25-27-32-36-40-45-50-55-69(74)82-61-67(88-71(76)57-51-46-41-37-33-28-26-24-22-20-18-16-13-10-7-2)63-86-90(79,80)84-59-65(72)58-83-89(77,78)85-62-66(60-81-68(73)54-49-43-14-11-8-3)87-70(75)56-52-47-42-38-34-30-29-31-35-39-44-48-53-64(4)5/h19-26,64-67,72H,6-18,27-63H2,1-5H3,(H,77,78)(H,79,80)/b21-19-,22-20-,25-23-,26-24-/t65-,66+,67+/m0/s1. The predicted octanol–water partition coefficient (Wildman–Crippen LogP) is 19.6. The number of esters is 4. The molecule has 0 aromatic carbocycles. The number of carbonyl (C=O) groups is 4. The van der Waals surface area contributed by atoms with Crippen LogP contribution in [0, 0.1) is 5.92 Å². The number of unbranched alkanes of at least 4 members (excludes halogenated alkanes) is 33. The van der Waals surface area contributed by atoms with Crippen molar-refractivity contribution in [2.75, 3.05) is 39.6 Å². The smallest absolute Gasteiger partial charge is 0.462 e. The van der Waals surface area contributed by atoms with Gasteiger partial charge in [0.25, 0.3) is 0 Å². The van der Waals surface area contributed by atoms with Gasteiger partial charge >= 0.3 is 39.5 Å². The third-order valence-electron chi connectivity index (χ3n) is 15.3. The first kappa shape index (κ1) is 87.0. The quantitative estimate of drug-likeness (QED) is 0.0169. The van der Waals surface area contributed by atoms with Crippen molar-refractivity contribution >= 4 is 39.5 Å². The average Bonchev–Trinajstić information content (AvgIpc) is 3.70. The fourth-order valence-corrected chi connectivity index (χ4v) is 11.3. The van der Waals surface area contributed by atoms with Crippen molar-refractivity contribution in [1.29, 1.82) is 0 Å². The van der Waals surface area contributed by atoms with E-state index in [0.717, 1.165) is 134 Å². The van der Waals surface area contributed by atoms with E-state index in [0.29, 0.717) is 25.7 Å². The van der Waals surface area contributed by atoms with Crippen molar-refractivity contribution in [3.63, 3.8) is 0 Å². The fourth-order valence-electron chi connectivity index (χ4n) is 9.74. The number of rotatable bonds is 67. The van der Waals surface area contributed by atoms with Crippen LogP contribution >= 0.6 is 15.6 Å². The van der Waals surface area contributed by atoms with Crippen molar-refractivity contribution in [3.05, 3.63) is 48.6 Å². The van der Waals surface area contributed by atoms with E-state index in [-0.39, 0.29) is 25.7 Å². The lowest BCUT2D eigenvalue weighted by atomic mass is 10.0. The van der Waals surface area contributed by atoms with Crippen LogP contribution in [-0.2, 0) is 65.4 Å². The Hall–Kier alpha value is -2.98. The van der Waals surface area contributed by atoms with E-state index >= 15 is 0 Å². The Morgan fingerprint density at radius 2 is 0.600 bits per heavy atom. The van der Waals surface area contributed by atoms with Crippen LogP contribution in [0.2, 0.25) is 0 Å². The maximum Gasteiger partial charge on any atom is 0.472 e. The van der Waals surface area contributed by atoms with Crippen molar-refractivity contribution in [1.82, 2.24) is 0 Å². The molecule has 19 heteroatoms. The Morgan fingerprint density at radius 1 is 0.344 bits per heavy atom. The zero-order valence-electron chi connectivity index (χ0n) is 57.2. The number of ether oxygens (including phenoxy) is 4. The number of hydrogen-bond donors (Lipinski definition) is 3. The molecule has 90 heavy (non-hydrogen) atoms. The number of aliphatic hydroxyl groups excluding tert-OH is 1. The molecule has 0 spiro atoms. The molecular weight excluding hydrogens is 1190 g/mol. The van der Waals surface area contributed by atoms with E-state index in [4.69, 9.17) is 37.0 Å². The molecule has 2 unspecified atom stereocenters. The van der Waals surface area contributed by atoms with Crippen molar-refractivity contribution in [2.45, 2.75) is 335 Å². The van der Waals surface area contributed by atoms with Crippen LogP contribution in [0.3, 0.4) is 0 Å². The van der Waals surface area contributed by atoms with E-state index in [1.54, 1.807) is 0 Å². The SMILES string of the molecule is CCCCCC/C=C\C=C/CCCCCCCC(=O)OC[C@H](COP(=O)(O)OC[C@@H](O)COP(=O)(O)OC[C@@H](COC(=O)CCCCCCC)OC(=O)CCCCCCCCCCCCCCC(C)C)OC(=O)CCCCCCC/C=C\C=C/CCCCCC. The van der Waals surface area contributed by atoms with Crippen LogP contribution in [0.1, 0.15) is 317 Å². The highest BCUT2D eigenvalue weighted by Crippen LogP contribution is 2.45. The summed E-state index contributed by atoms with van der Waals surface area (Å²) in [6, 6.07) is 0. The van der Waals surface area contributed by atoms with Crippen LogP contribution in [0.25, 0.3) is 0 Å². The molecule has 0 aliphatic heterocycles. The first-order valence-electron chi connectivity index (χ1n) is 35.8. The summed E-state index contributed by atoms with van der Waals surface area (Å²) in [6.07, 6.45) is 56.1. The Morgan fingerprint density at radius 3 is 0.911 bits per heavy atom. The largest absolute Gasteiger partial charge is 0.472 e. The second-order valence-electron chi connectivity index (χ2n) is 24.7. The van der Waals surface area contributed by atoms with Gasteiger partial charge in [0.1, 0.15) is 19.3 Å². The summed E-state index contributed by atoms with van der Waals surface area (Å²) < 4.78 is 68.0. The molecule has 0 aliphatic carbocycles. The van der Waals surface area contributed by atoms with Gasteiger partial charge in [0, 0.05) is 25.7 Å². The van der Waals surface area contributed by atoms with Gasteiger partial charge < -0.3 is 33.8 Å². The minimum atomic E-state index is -4.97. The molecule has 0 rings (SSSR count). The Labute approximate surface area is 547 Å². The lowest BCUT2D eigenvalue weighted by Crippen LogP contribution is -2.30. The van der Waals surface area contributed by atoms with E-state index in [1.165, 1.54) is 103 Å². The molecule has 0 aromatic rings. The van der Waals surface area contributed by atoms with Gasteiger partial charge in [0.2, 0.25) is 0 Å². The van der Waals surface area contributed by atoms with Gasteiger partial charge in [-0.2, -0.15) is 0 Å². The van der Waals surface area contributed by atoms with Gasteiger partial charge in [-0.25, -0.2) is 9.13 Å². The highest BCUT2D eigenvalue weighted by Gasteiger charge is 2.30. The molecule has 0 radical (unpaired) electrons. The first-order valence-corrected chi connectivity index (χ1v) is 38.8. The Balaban J connectivity index is 5.23. The van der Waals surface area contributed by atoms with Crippen LogP contribution in [0.4, 0.5) is 0 Å². The van der Waals surface area contributed by atoms with Crippen LogP contribution in [0.15, 0.2) is 48.6 Å².